The molecule has 1 aliphatic heterocycles. The van der Waals surface area contributed by atoms with Crippen LogP contribution in [-0.4, -0.2) is 34.9 Å². The molecule has 2 heterocycles. The van der Waals surface area contributed by atoms with Crippen LogP contribution in [0.4, 0.5) is 10.1 Å². The second kappa shape index (κ2) is 8.14. The van der Waals surface area contributed by atoms with Crippen LogP contribution >= 0.6 is 23.7 Å². The molecule has 1 atom stereocenters. The first-order chi connectivity index (χ1) is 13.0. The number of nitro groups is 1. The fourth-order valence-electron chi connectivity index (χ4n) is 4.08. The van der Waals surface area contributed by atoms with Crippen molar-refractivity contribution in [2.24, 2.45) is 5.41 Å². The molecule has 1 aliphatic carbocycles. The molecular weight excluding hydrogens is 405 g/mol. The van der Waals surface area contributed by atoms with Gasteiger partial charge in [0.1, 0.15) is 5.82 Å². The van der Waals surface area contributed by atoms with Crippen LogP contribution in [-0.2, 0) is 6.54 Å². The van der Waals surface area contributed by atoms with E-state index in [1.807, 2.05) is 16.8 Å². The Hall–Kier alpha value is -2.03. The van der Waals surface area contributed by atoms with Gasteiger partial charge in [0.25, 0.3) is 11.6 Å². The zero-order chi connectivity index (χ0) is 19.0. The van der Waals surface area contributed by atoms with E-state index >= 15 is 0 Å². The van der Waals surface area contributed by atoms with E-state index in [2.05, 4.69) is 5.32 Å². The second-order valence-corrected chi connectivity index (χ2v) is 8.10. The van der Waals surface area contributed by atoms with Crippen LogP contribution in [0, 0.1) is 21.3 Å². The van der Waals surface area contributed by atoms with Crippen molar-refractivity contribution in [1.82, 2.24) is 10.2 Å². The third-order valence-corrected chi connectivity index (χ3v) is 6.44. The number of hydrogen-bond acceptors (Lipinski definition) is 5. The van der Waals surface area contributed by atoms with Crippen molar-refractivity contribution in [1.29, 1.82) is 0 Å². The SMILES string of the molecule is Cl.O=C(c1ccc([N+](=O)[O-])cc1F)N(Cc1ccsc1)C1CC12CCNCC2. The molecule has 0 radical (unpaired) electrons. The molecule has 1 aromatic carbocycles. The van der Waals surface area contributed by atoms with Crippen LogP contribution in [0.1, 0.15) is 35.2 Å². The molecule has 1 amide bonds. The Bertz CT molecular complexity index is 871. The standard InChI is InChI=1S/C19H20FN3O3S.ClH/c20-16-9-14(23(25)26)1-2-15(16)18(24)22(11-13-3-8-27-12-13)17-10-19(17)4-6-21-7-5-19;/h1-3,8-9,12,17,21H,4-7,10-11H2;1H. The summed E-state index contributed by atoms with van der Waals surface area (Å²) in [5.74, 6) is -1.24. The number of nitro benzene ring substituents is 1. The molecule has 150 valence electrons. The zero-order valence-corrected chi connectivity index (χ0v) is 16.7. The van der Waals surface area contributed by atoms with E-state index in [4.69, 9.17) is 0 Å². The molecule has 1 N–H and O–H groups in total. The average molecular weight is 426 g/mol. The third-order valence-electron chi connectivity index (χ3n) is 5.71. The van der Waals surface area contributed by atoms with Gasteiger partial charge in [-0.3, -0.25) is 14.9 Å². The monoisotopic (exact) mass is 425 g/mol. The maximum Gasteiger partial charge on any atom is 0.272 e. The third kappa shape index (κ3) is 3.90. The van der Waals surface area contributed by atoms with Crippen LogP contribution in [0.25, 0.3) is 0 Å². The molecule has 2 aromatic rings. The summed E-state index contributed by atoms with van der Waals surface area (Å²) in [5.41, 5.74) is 0.682. The fraction of sp³-hybridized carbons (Fsp3) is 0.421. The summed E-state index contributed by atoms with van der Waals surface area (Å²) < 4.78 is 14.5. The summed E-state index contributed by atoms with van der Waals surface area (Å²) in [6.07, 6.45) is 2.95. The van der Waals surface area contributed by atoms with Crippen molar-refractivity contribution in [3.63, 3.8) is 0 Å². The average Bonchev–Trinajstić information content (AvgIpc) is 3.09. The number of piperidine rings is 1. The maximum absolute atomic E-state index is 14.5. The van der Waals surface area contributed by atoms with Gasteiger partial charge in [-0.2, -0.15) is 11.3 Å². The number of halogens is 2. The molecule has 1 saturated heterocycles. The number of carbonyl (C=O) groups is 1. The summed E-state index contributed by atoms with van der Waals surface area (Å²) in [6, 6.07) is 5.29. The predicted octanol–water partition coefficient (Wildman–Crippen LogP) is 4.00. The van der Waals surface area contributed by atoms with Crippen LogP contribution in [0.15, 0.2) is 35.0 Å². The Kier molecular flexibility index (Phi) is 6.02. The largest absolute Gasteiger partial charge is 0.331 e. The van der Waals surface area contributed by atoms with Gasteiger partial charge < -0.3 is 10.2 Å². The molecule has 2 aliphatic rings. The van der Waals surface area contributed by atoms with Crippen LogP contribution in [0.3, 0.4) is 0 Å². The summed E-state index contributed by atoms with van der Waals surface area (Å²) >= 11 is 1.56. The van der Waals surface area contributed by atoms with Crippen molar-refractivity contribution in [3.05, 3.63) is 62.1 Å². The molecule has 1 aromatic heterocycles. The molecule has 6 nitrogen and oxygen atoms in total. The molecule has 1 spiro atoms. The lowest BCUT2D eigenvalue weighted by molar-refractivity contribution is -0.385. The number of nitrogens with zero attached hydrogens (tertiary/aromatic N) is 2. The highest BCUT2D eigenvalue weighted by atomic mass is 35.5. The Morgan fingerprint density at radius 1 is 1.36 bits per heavy atom. The van der Waals surface area contributed by atoms with E-state index in [0.29, 0.717) is 6.54 Å². The van der Waals surface area contributed by atoms with Gasteiger partial charge in [-0.15, -0.1) is 12.4 Å². The number of carbonyl (C=O) groups excluding carboxylic acids is 1. The quantitative estimate of drug-likeness (QED) is 0.580. The summed E-state index contributed by atoms with van der Waals surface area (Å²) in [5, 5.41) is 18.1. The smallest absolute Gasteiger partial charge is 0.272 e. The number of non-ortho nitro benzene ring substituents is 1. The number of nitrogens with one attached hydrogen (secondary N) is 1. The molecule has 9 heteroatoms. The number of thiophene rings is 1. The van der Waals surface area contributed by atoms with Gasteiger partial charge in [-0.05, 0) is 66.2 Å². The van der Waals surface area contributed by atoms with Crippen molar-refractivity contribution < 1.29 is 14.1 Å². The molecule has 28 heavy (non-hydrogen) atoms. The molecular formula is C19H21ClFN3O3S. The van der Waals surface area contributed by atoms with Crippen LogP contribution in [0.2, 0.25) is 0 Å². The van der Waals surface area contributed by atoms with Crippen LogP contribution in [0.5, 0.6) is 0 Å². The first-order valence-corrected chi connectivity index (χ1v) is 9.91. The van der Waals surface area contributed by atoms with Gasteiger partial charge in [0.05, 0.1) is 16.6 Å². The van der Waals surface area contributed by atoms with Gasteiger partial charge >= 0.3 is 0 Å². The predicted molar refractivity (Wildman–Crippen MR) is 107 cm³/mol. The molecule has 0 bridgehead atoms. The van der Waals surface area contributed by atoms with Crippen molar-refractivity contribution >= 4 is 35.3 Å². The Morgan fingerprint density at radius 3 is 2.71 bits per heavy atom. The van der Waals surface area contributed by atoms with Crippen molar-refractivity contribution in [2.45, 2.75) is 31.8 Å². The van der Waals surface area contributed by atoms with Crippen molar-refractivity contribution in [3.8, 4) is 0 Å². The highest BCUT2D eigenvalue weighted by Crippen LogP contribution is 2.56. The summed E-state index contributed by atoms with van der Waals surface area (Å²) in [7, 11) is 0. The lowest BCUT2D eigenvalue weighted by Crippen LogP contribution is -2.39. The van der Waals surface area contributed by atoms with Gasteiger partial charge in [0.2, 0.25) is 0 Å². The number of rotatable bonds is 5. The van der Waals surface area contributed by atoms with Crippen molar-refractivity contribution in [2.75, 3.05) is 13.1 Å². The van der Waals surface area contributed by atoms with Gasteiger partial charge in [-0.25, -0.2) is 4.39 Å². The van der Waals surface area contributed by atoms with Gasteiger partial charge in [0, 0.05) is 18.7 Å². The zero-order valence-electron chi connectivity index (χ0n) is 15.1. The lowest BCUT2D eigenvalue weighted by atomic mass is 9.93. The maximum atomic E-state index is 14.5. The van der Waals surface area contributed by atoms with E-state index < -0.39 is 16.6 Å². The highest BCUT2D eigenvalue weighted by molar-refractivity contribution is 7.07. The Labute approximate surface area is 172 Å². The van der Waals surface area contributed by atoms with E-state index in [0.717, 1.165) is 44.0 Å². The molecule has 4 rings (SSSR count). The van der Waals surface area contributed by atoms with E-state index in [1.165, 1.54) is 12.1 Å². The highest BCUT2D eigenvalue weighted by Gasteiger charge is 2.57. The minimum absolute atomic E-state index is 0. The van der Waals surface area contributed by atoms with Gasteiger partial charge in [-0.1, -0.05) is 0 Å². The second-order valence-electron chi connectivity index (χ2n) is 7.32. The number of hydrogen-bond donors (Lipinski definition) is 1. The Balaban J connectivity index is 0.00000225. The van der Waals surface area contributed by atoms with Crippen LogP contribution < -0.4 is 5.32 Å². The van der Waals surface area contributed by atoms with E-state index in [1.54, 1.807) is 16.2 Å². The minimum Gasteiger partial charge on any atom is -0.331 e. The molecule has 1 unspecified atom stereocenters. The van der Waals surface area contributed by atoms with E-state index in [9.17, 15) is 19.3 Å². The first kappa shape index (κ1) is 20.7. The number of benzene rings is 1. The normalized spacial score (nSPS) is 19.7. The number of amides is 1. The van der Waals surface area contributed by atoms with Gasteiger partial charge in [0.15, 0.2) is 0 Å². The first-order valence-electron chi connectivity index (χ1n) is 8.97. The summed E-state index contributed by atoms with van der Waals surface area (Å²) in [4.78, 5) is 25.1. The lowest BCUT2D eigenvalue weighted by Gasteiger charge is -2.29. The Morgan fingerprint density at radius 2 is 2.11 bits per heavy atom. The molecule has 1 saturated carbocycles. The minimum atomic E-state index is -0.843. The topological polar surface area (TPSA) is 75.5 Å². The molecule has 2 fully saturated rings. The van der Waals surface area contributed by atoms with E-state index in [-0.39, 0.29) is 35.1 Å². The fourth-order valence-corrected chi connectivity index (χ4v) is 4.74. The summed E-state index contributed by atoms with van der Waals surface area (Å²) in [6.45, 7) is 2.30.